The van der Waals surface area contributed by atoms with Crippen LogP contribution >= 0.6 is 0 Å². The highest BCUT2D eigenvalue weighted by molar-refractivity contribution is 5.77. The van der Waals surface area contributed by atoms with Crippen LogP contribution in [0.5, 0.6) is 5.75 Å². The van der Waals surface area contributed by atoms with Gasteiger partial charge in [0.15, 0.2) is 0 Å². The Kier molecular flexibility index (Phi) is 6.38. The molecule has 2 atom stereocenters. The van der Waals surface area contributed by atoms with Crippen LogP contribution in [0.1, 0.15) is 38.3 Å². The fourth-order valence-corrected chi connectivity index (χ4v) is 1.80. The summed E-state index contributed by atoms with van der Waals surface area (Å²) in [6, 6.07) is 5.76. The van der Waals surface area contributed by atoms with E-state index in [1.807, 2.05) is 6.92 Å². The largest absolute Gasteiger partial charge is 0.434 e. The topological polar surface area (TPSA) is 64.4 Å². The van der Waals surface area contributed by atoms with Gasteiger partial charge in [0, 0.05) is 18.0 Å². The molecule has 4 nitrogen and oxygen atoms in total. The van der Waals surface area contributed by atoms with Crippen molar-refractivity contribution >= 4 is 5.91 Å². The summed E-state index contributed by atoms with van der Waals surface area (Å²) in [4.78, 5) is 11.7. The molecule has 1 aromatic rings. The zero-order valence-electron chi connectivity index (χ0n) is 11.6. The SMILES string of the molecule is CCC(N)CC(=O)NC(C)c1ccccc1OC(F)F. The van der Waals surface area contributed by atoms with Crippen LogP contribution in [0.3, 0.4) is 0 Å². The summed E-state index contributed by atoms with van der Waals surface area (Å²) in [5.74, 6) is -0.145. The van der Waals surface area contributed by atoms with Gasteiger partial charge in [0.25, 0.3) is 0 Å². The average Bonchev–Trinajstić information content (AvgIpc) is 2.38. The molecule has 0 aromatic heterocycles. The molecule has 0 radical (unpaired) electrons. The molecule has 112 valence electrons. The number of nitrogens with two attached hydrogens (primary N) is 1. The molecule has 0 heterocycles. The van der Waals surface area contributed by atoms with Gasteiger partial charge in [0.05, 0.1) is 6.04 Å². The van der Waals surface area contributed by atoms with Crippen molar-refractivity contribution in [3.8, 4) is 5.75 Å². The number of carbonyl (C=O) groups is 1. The summed E-state index contributed by atoms with van der Waals surface area (Å²) >= 11 is 0. The van der Waals surface area contributed by atoms with Gasteiger partial charge in [-0.1, -0.05) is 25.1 Å². The summed E-state index contributed by atoms with van der Waals surface area (Å²) in [6.45, 7) is 0.712. The Morgan fingerprint density at radius 1 is 1.40 bits per heavy atom. The van der Waals surface area contributed by atoms with Gasteiger partial charge in [0.1, 0.15) is 5.75 Å². The molecule has 0 fully saturated rings. The van der Waals surface area contributed by atoms with E-state index in [2.05, 4.69) is 10.1 Å². The van der Waals surface area contributed by atoms with E-state index in [0.717, 1.165) is 0 Å². The van der Waals surface area contributed by atoms with Crippen molar-refractivity contribution in [2.45, 2.75) is 45.4 Å². The van der Waals surface area contributed by atoms with Crippen molar-refractivity contribution in [1.82, 2.24) is 5.32 Å². The van der Waals surface area contributed by atoms with Crippen molar-refractivity contribution in [2.75, 3.05) is 0 Å². The highest BCUT2D eigenvalue weighted by atomic mass is 19.3. The first-order chi connectivity index (χ1) is 9.43. The van der Waals surface area contributed by atoms with Crippen molar-refractivity contribution < 1.29 is 18.3 Å². The van der Waals surface area contributed by atoms with Crippen LogP contribution in [0.15, 0.2) is 24.3 Å². The summed E-state index contributed by atoms with van der Waals surface area (Å²) < 4.78 is 29.1. The number of hydrogen-bond acceptors (Lipinski definition) is 3. The summed E-state index contributed by atoms with van der Waals surface area (Å²) in [5.41, 5.74) is 6.21. The predicted molar refractivity (Wildman–Crippen MR) is 72.5 cm³/mol. The number of carbonyl (C=O) groups excluding carboxylic acids is 1. The molecule has 0 saturated carbocycles. The van der Waals surface area contributed by atoms with E-state index in [9.17, 15) is 13.6 Å². The maximum absolute atomic E-state index is 12.3. The van der Waals surface area contributed by atoms with Crippen LogP contribution in [0.25, 0.3) is 0 Å². The fraction of sp³-hybridized carbons (Fsp3) is 0.500. The molecular weight excluding hydrogens is 266 g/mol. The second kappa shape index (κ2) is 7.79. The molecule has 0 aliphatic heterocycles. The number of hydrogen-bond donors (Lipinski definition) is 2. The van der Waals surface area contributed by atoms with Crippen molar-refractivity contribution in [1.29, 1.82) is 0 Å². The third-order valence-electron chi connectivity index (χ3n) is 2.95. The zero-order chi connectivity index (χ0) is 15.1. The number of alkyl halides is 2. The molecule has 6 heteroatoms. The Labute approximate surface area is 117 Å². The predicted octanol–water partition coefficient (Wildman–Crippen LogP) is 2.59. The maximum Gasteiger partial charge on any atom is 0.387 e. The molecule has 20 heavy (non-hydrogen) atoms. The van der Waals surface area contributed by atoms with Gasteiger partial charge < -0.3 is 15.8 Å². The monoisotopic (exact) mass is 286 g/mol. The van der Waals surface area contributed by atoms with Crippen molar-refractivity contribution in [3.05, 3.63) is 29.8 Å². The second-order valence-corrected chi connectivity index (χ2v) is 4.58. The molecule has 2 unspecified atom stereocenters. The van der Waals surface area contributed by atoms with E-state index < -0.39 is 12.7 Å². The number of halogens is 2. The molecule has 0 aliphatic rings. The van der Waals surface area contributed by atoms with Gasteiger partial charge in [-0.15, -0.1) is 0 Å². The van der Waals surface area contributed by atoms with Crippen LogP contribution in [0.4, 0.5) is 8.78 Å². The number of amides is 1. The Hall–Kier alpha value is -1.69. The standard InChI is InChI=1S/C14H20F2N2O2/c1-3-10(17)8-13(19)18-9(2)11-6-4-5-7-12(11)20-14(15)16/h4-7,9-10,14H,3,8,17H2,1-2H3,(H,18,19). The molecule has 0 aliphatic carbocycles. The van der Waals surface area contributed by atoms with E-state index in [0.29, 0.717) is 12.0 Å². The third kappa shape index (κ3) is 5.13. The molecule has 1 aromatic carbocycles. The Morgan fingerprint density at radius 2 is 2.05 bits per heavy atom. The van der Waals surface area contributed by atoms with Crippen molar-refractivity contribution in [3.63, 3.8) is 0 Å². The maximum atomic E-state index is 12.3. The van der Waals surface area contributed by atoms with Crippen LogP contribution < -0.4 is 15.8 Å². The number of ether oxygens (including phenoxy) is 1. The van der Waals surface area contributed by atoms with Gasteiger partial charge in [-0.2, -0.15) is 8.78 Å². The van der Waals surface area contributed by atoms with E-state index in [4.69, 9.17) is 5.73 Å². The lowest BCUT2D eigenvalue weighted by Gasteiger charge is -2.19. The summed E-state index contributed by atoms with van der Waals surface area (Å²) in [6.07, 6.45) is 0.908. The molecule has 0 saturated heterocycles. The van der Waals surface area contributed by atoms with E-state index in [-0.39, 0.29) is 24.1 Å². The average molecular weight is 286 g/mol. The molecule has 3 N–H and O–H groups in total. The van der Waals surface area contributed by atoms with Crippen LogP contribution in [-0.2, 0) is 4.79 Å². The normalized spacial score (nSPS) is 13.9. The van der Waals surface area contributed by atoms with E-state index >= 15 is 0 Å². The van der Waals surface area contributed by atoms with Crippen LogP contribution in [-0.4, -0.2) is 18.6 Å². The van der Waals surface area contributed by atoms with E-state index in [1.165, 1.54) is 6.07 Å². The first-order valence-corrected chi connectivity index (χ1v) is 6.52. The van der Waals surface area contributed by atoms with Gasteiger partial charge in [-0.25, -0.2) is 0 Å². The van der Waals surface area contributed by atoms with Crippen LogP contribution in [0.2, 0.25) is 0 Å². The first kappa shape index (κ1) is 16.4. The third-order valence-corrected chi connectivity index (χ3v) is 2.95. The smallest absolute Gasteiger partial charge is 0.387 e. The highest BCUT2D eigenvalue weighted by Crippen LogP contribution is 2.26. The Morgan fingerprint density at radius 3 is 2.65 bits per heavy atom. The van der Waals surface area contributed by atoms with Crippen LogP contribution in [0, 0.1) is 0 Å². The number of para-hydroxylation sites is 1. The molecule has 0 spiro atoms. The minimum atomic E-state index is -2.90. The lowest BCUT2D eigenvalue weighted by atomic mass is 10.1. The first-order valence-electron chi connectivity index (χ1n) is 6.52. The highest BCUT2D eigenvalue weighted by Gasteiger charge is 2.17. The fourth-order valence-electron chi connectivity index (χ4n) is 1.80. The summed E-state index contributed by atoms with van der Waals surface area (Å²) in [7, 11) is 0. The molecule has 1 rings (SSSR count). The summed E-state index contributed by atoms with van der Waals surface area (Å²) in [5, 5.41) is 2.73. The van der Waals surface area contributed by atoms with Gasteiger partial charge in [-0.3, -0.25) is 4.79 Å². The number of benzene rings is 1. The molecule has 1 amide bonds. The number of rotatable bonds is 7. The van der Waals surface area contributed by atoms with Crippen molar-refractivity contribution in [2.24, 2.45) is 5.73 Å². The minimum absolute atomic E-state index is 0.0649. The van der Waals surface area contributed by atoms with E-state index in [1.54, 1.807) is 25.1 Å². The van der Waals surface area contributed by atoms with Gasteiger partial charge >= 0.3 is 6.61 Å². The molecular formula is C14H20F2N2O2. The molecule has 0 bridgehead atoms. The lowest BCUT2D eigenvalue weighted by molar-refractivity contribution is -0.122. The Bertz CT molecular complexity index is 441. The number of nitrogens with one attached hydrogen (secondary N) is 1. The quantitative estimate of drug-likeness (QED) is 0.809. The zero-order valence-corrected chi connectivity index (χ0v) is 11.6. The lowest BCUT2D eigenvalue weighted by Crippen LogP contribution is -2.33. The van der Waals surface area contributed by atoms with Gasteiger partial charge in [0.2, 0.25) is 5.91 Å². The van der Waals surface area contributed by atoms with Gasteiger partial charge in [-0.05, 0) is 19.4 Å². The second-order valence-electron chi connectivity index (χ2n) is 4.58. The Balaban J connectivity index is 2.72. The minimum Gasteiger partial charge on any atom is -0.434 e.